The molecule has 1 fully saturated rings. The Kier molecular flexibility index (Phi) is 4.82. The van der Waals surface area contributed by atoms with Crippen molar-refractivity contribution in [3.05, 3.63) is 28.2 Å². The van der Waals surface area contributed by atoms with Gasteiger partial charge in [-0.05, 0) is 40.5 Å². The highest BCUT2D eigenvalue weighted by atomic mass is 79.9. The molecule has 1 saturated heterocycles. The number of piperazine rings is 1. The van der Waals surface area contributed by atoms with Crippen molar-refractivity contribution in [2.75, 3.05) is 26.7 Å². The van der Waals surface area contributed by atoms with E-state index < -0.39 is 0 Å². The number of nitrogens with one attached hydrogen (secondary N) is 1. The molecule has 0 radical (unpaired) electrons. The number of rotatable bonds is 3. The fourth-order valence-electron chi connectivity index (χ4n) is 2.27. The van der Waals surface area contributed by atoms with Crippen LogP contribution in [-0.2, 0) is 11.2 Å². The number of nitrogens with zero attached hydrogens (tertiary/aromatic N) is 1. The minimum absolute atomic E-state index is 0.186. The Morgan fingerprint density at radius 3 is 3.00 bits per heavy atom. The fourth-order valence-corrected chi connectivity index (χ4v) is 2.85. The van der Waals surface area contributed by atoms with Gasteiger partial charge in [0.25, 0.3) is 0 Å². The summed E-state index contributed by atoms with van der Waals surface area (Å²) in [6.45, 7) is 4.55. The molecular formula is C14H19BrN2O2. The van der Waals surface area contributed by atoms with Gasteiger partial charge in [-0.15, -0.1) is 0 Å². The molecule has 2 rings (SSSR count). The number of ether oxygens (including phenoxy) is 1. The zero-order chi connectivity index (χ0) is 13.8. The molecule has 0 aromatic heterocycles. The van der Waals surface area contributed by atoms with Crippen molar-refractivity contribution in [2.24, 2.45) is 0 Å². The number of carbonyl (C=O) groups excluding carboxylic acids is 1. The molecule has 1 aromatic carbocycles. The lowest BCUT2D eigenvalue weighted by molar-refractivity contribution is -0.131. The summed E-state index contributed by atoms with van der Waals surface area (Å²) < 4.78 is 6.07. The number of hydrogen-bond donors (Lipinski definition) is 1. The van der Waals surface area contributed by atoms with Crippen LogP contribution in [0.3, 0.4) is 0 Å². The Morgan fingerprint density at radius 2 is 2.37 bits per heavy atom. The summed E-state index contributed by atoms with van der Waals surface area (Å²) in [6, 6.07) is 6.14. The lowest BCUT2D eigenvalue weighted by Crippen LogP contribution is -2.51. The summed E-state index contributed by atoms with van der Waals surface area (Å²) >= 11 is 3.44. The van der Waals surface area contributed by atoms with E-state index >= 15 is 0 Å². The Bertz CT molecular complexity index is 465. The number of methoxy groups -OCH3 is 1. The quantitative estimate of drug-likeness (QED) is 0.921. The molecule has 0 bridgehead atoms. The molecule has 4 nitrogen and oxygen atoms in total. The topological polar surface area (TPSA) is 41.6 Å². The smallest absolute Gasteiger partial charge is 0.227 e. The highest BCUT2D eigenvalue weighted by Gasteiger charge is 2.20. The third kappa shape index (κ3) is 3.70. The summed E-state index contributed by atoms with van der Waals surface area (Å²) in [6.07, 6.45) is 0.440. The predicted molar refractivity (Wildman–Crippen MR) is 78.4 cm³/mol. The molecule has 1 aliphatic rings. The Balaban J connectivity index is 2.00. The van der Waals surface area contributed by atoms with Crippen LogP contribution in [-0.4, -0.2) is 43.6 Å². The van der Waals surface area contributed by atoms with Crippen molar-refractivity contribution < 1.29 is 9.53 Å². The minimum atomic E-state index is 0.186. The van der Waals surface area contributed by atoms with Crippen molar-refractivity contribution in [2.45, 2.75) is 19.4 Å². The van der Waals surface area contributed by atoms with Crippen molar-refractivity contribution >= 4 is 21.8 Å². The van der Waals surface area contributed by atoms with Crippen LogP contribution in [0.25, 0.3) is 0 Å². The van der Waals surface area contributed by atoms with E-state index in [1.165, 1.54) is 0 Å². The summed E-state index contributed by atoms with van der Waals surface area (Å²) in [5.74, 6) is 0.970. The van der Waals surface area contributed by atoms with E-state index in [0.717, 1.165) is 35.4 Å². The molecule has 104 valence electrons. The van der Waals surface area contributed by atoms with Crippen LogP contribution in [0.15, 0.2) is 22.7 Å². The van der Waals surface area contributed by atoms with Gasteiger partial charge in [0.15, 0.2) is 0 Å². The first-order valence-corrected chi connectivity index (χ1v) is 7.23. The molecule has 0 aliphatic carbocycles. The number of carbonyl (C=O) groups is 1. The van der Waals surface area contributed by atoms with Gasteiger partial charge in [-0.3, -0.25) is 4.79 Å². The van der Waals surface area contributed by atoms with Crippen LogP contribution in [0, 0.1) is 0 Å². The highest BCUT2D eigenvalue weighted by Crippen LogP contribution is 2.25. The van der Waals surface area contributed by atoms with E-state index in [0.29, 0.717) is 12.5 Å². The average molecular weight is 327 g/mol. The number of halogens is 1. The first-order chi connectivity index (χ1) is 9.10. The molecule has 19 heavy (non-hydrogen) atoms. The third-order valence-electron chi connectivity index (χ3n) is 3.29. The molecular weight excluding hydrogens is 308 g/mol. The molecule has 1 aliphatic heterocycles. The Hall–Kier alpha value is -1.07. The van der Waals surface area contributed by atoms with Crippen molar-refractivity contribution in [3.63, 3.8) is 0 Å². The van der Waals surface area contributed by atoms with E-state index in [4.69, 9.17) is 4.74 Å². The van der Waals surface area contributed by atoms with E-state index in [-0.39, 0.29) is 5.91 Å². The second-order valence-corrected chi connectivity index (χ2v) is 5.69. The lowest BCUT2D eigenvalue weighted by atomic mass is 10.1. The van der Waals surface area contributed by atoms with Crippen LogP contribution in [0.1, 0.15) is 12.5 Å². The van der Waals surface area contributed by atoms with E-state index in [1.807, 2.05) is 23.1 Å². The van der Waals surface area contributed by atoms with Gasteiger partial charge in [0.2, 0.25) is 5.91 Å². The van der Waals surface area contributed by atoms with Gasteiger partial charge in [-0.2, -0.15) is 0 Å². The zero-order valence-electron chi connectivity index (χ0n) is 11.3. The maximum absolute atomic E-state index is 12.2. The van der Waals surface area contributed by atoms with Crippen LogP contribution in [0.5, 0.6) is 5.75 Å². The van der Waals surface area contributed by atoms with E-state index in [1.54, 1.807) is 7.11 Å². The maximum Gasteiger partial charge on any atom is 0.227 e. The molecule has 5 heteroatoms. The monoisotopic (exact) mass is 326 g/mol. The summed E-state index contributed by atoms with van der Waals surface area (Å²) in [4.78, 5) is 14.2. The molecule has 1 amide bonds. The second kappa shape index (κ2) is 6.39. The first-order valence-electron chi connectivity index (χ1n) is 6.43. The second-order valence-electron chi connectivity index (χ2n) is 4.84. The van der Waals surface area contributed by atoms with Crippen LogP contribution >= 0.6 is 15.9 Å². The van der Waals surface area contributed by atoms with Crippen LogP contribution in [0.2, 0.25) is 0 Å². The SMILES string of the molecule is COc1ccc(CC(=O)N2CCNC(C)C2)cc1Br. The molecule has 0 spiro atoms. The molecule has 1 heterocycles. The van der Waals surface area contributed by atoms with Crippen molar-refractivity contribution in [1.82, 2.24) is 10.2 Å². The van der Waals surface area contributed by atoms with Gasteiger partial charge in [-0.1, -0.05) is 6.07 Å². The van der Waals surface area contributed by atoms with Crippen LogP contribution < -0.4 is 10.1 Å². The summed E-state index contributed by atoms with van der Waals surface area (Å²) in [5.41, 5.74) is 1.00. The fraction of sp³-hybridized carbons (Fsp3) is 0.500. The molecule has 1 aromatic rings. The first kappa shape index (κ1) is 14.3. The predicted octanol–water partition coefficient (Wildman–Crippen LogP) is 1.82. The normalized spacial score (nSPS) is 19.3. The molecule has 1 N–H and O–H groups in total. The standard InChI is InChI=1S/C14H19BrN2O2/c1-10-9-17(6-5-16-10)14(18)8-11-3-4-13(19-2)12(15)7-11/h3-4,7,10,16H,5-6,8-9H2,1-2H3. The van der Waals surface area contributed by atoms with Crippen molar-refractivity contribution in [3.8, 4) is 5.75 Å². The van der Waals surface area contributed by atoms with E-state index in [9.17, 15) is 4.79 Å². The maximum atomic E-state index is 12.2. The van der Waals surface area contributed by atoms with Crippen molar-refractivity contribution in [1.29, 1.82) is 0 Å². The highest BCUT2D eigenvalue weighted by molar-refractivity contribution is 9.10. The zero-order valence-corrected chi connectivity index (χ0v) is 12.9. The Morgan fingerprint density at radius 1 is 1.58 bits per heavy atom. The largest absolute Gasteiger partial charge is 0.496 e. The van der Waals surface area contributed by atoms with Gasteiger partial charge in [0.1, 0.15) is 5.75 Å². The number of hydrogen-bond acceptors (Lipinski definition) is 3. The molecule has 0 saturated carbocycles. The third-order valence-corrected chi connectivity index (χ3v) is 3.91. The number of benzene rings is 1. The van der Waals surface area contributed by atoms with Gasteiger partial charge in [0, 0.05) is 25.7 Å². The average Bonchev–Trinajstić information content (AvgIpc) is 2.39. The summed E-state index contributed by atoms with van der Waals surface area (Å²) in [5, 5.41) is 3.34. The lowest BCUT2D eigenvalue weighted by Gasteiger charge is -2.32. The minimum Gasteiger partial charge on any atom is -0.496 e. The number of amides is 1. The van der Waals surface area contributed by atoms with Crippen LogP contribution in [0.4, 0.5) is 0 Å². The molecule has 1 atom stereocenters. The van der Waals surface area contributed by atoms with Gasteiger partial charge in [0.05, 0.1) is 18.0 Å². The van der Waals surface area contributed by atoms with Gasteiger partial charge >= 0.3 is 0 Å². The Labute approximate surface area is 122 Å². The van der Waals surface area contributed by atoms with Gasteiger partial charge in [-0.25, -0.2) is 0 Å². The molecule has 1 unspecified atom stereocenters. The van der Waals surface area contributed by atoms with E-state index in [2.05, 4.69) is 28.2 Å². The van der Waals surface area contributed by atoms with Gasteiger partial charge < -0.3 is 15.0 Å². The summed E-state index contributed by atoms with van der Waals surface area (Å²) in [7, 11) is 1.63.